The van der Waals surface area contributed by atoms with E-state index in [1.165, 1.54) is 29.8 Å². The van der Waals surface area contributed by atoms with Crippen molar-refractivity contribution in [1.29, 1.82) is 0 Å². The summed E-state index contributed by atoms with van der Waals surface area (Å²) in [6.45, 7) is 1.97. The third-order valence-corrected chi connectivity index (χ3v) is 4.83. The van der Waals surface area contributed by atoms with Gasteiger partial charge in [0.15, 0.2) is 0 Å². The lowest BCUT2D eigenvalue weighted by Crippen LogP contribution is -2.32. The van der Waals surface area contributed by atoms with Crippen molar-refractivity contribution < 1.29 is 14.5 Å². The Hall–Kier alpha value is -4.00. The molecule has 31 heavy (non-hydrogen) atoms. The molecule has 7 heteroatoms. The zero-order valence-electron chi connectivity index (χ0n) is 17.1. The van der Waals surface area contributed by atoms with Crippen molar-refractivity contribution in [2.45, 2.75) is 25.8 Å². The topological polar surface area (TPSA) is 101 Å². The van der Waals surface area contributed by atoms with Crippen molar-refractivity contribution >= 4 is 23.2 Å². The van der Waals surface area contributed by atoms with Crippen molar-refractivity contribution in [2.24, 2.45) is 0 Å². The second-order valence-corrected chi connectivity index (χ2v) is 7.23. The Balaban J connectivity index is 1.52. The van der Waals surface area contributed by atoms with Gasteiger partial charge in [0.05, 0.1) is 4.92 Å². The number of rotatable bonds is 8. The fourth-order valence-electron chi connectivity index (χ4n) is 3.05. The largest absolute Gasteiger partial charge is 0.350 e. The Kier molecular flexibility index (Phi) is 7.11. The number of anilines is 1. The number of carbonyl (C=O) groups excluding carboxylic acids is 2. The molecule has 7 nitrogen and oxygen atoms in total. The van der Waals surface area contributed by atoms with Crippen molar-refractivity contribution in [1.82, 2.24) is 5.32 Å². The summed E-state index contributed by atoms with van der Waals surface area (Å²) in [6.07, 6.45) is 1.72. The Morgan fingerprint density at radius 3 is 2.06 bits per heavy atom. The first kappa shape index (κ1) is 21.7. The molecule has 3 aromatic carbocycles. The van der Waals surface area contributed by atoms with Gasteiger partial charge >= 0.3 is 0 Å². The summed E-state index contributed by atoms with van der Waals surface area (Å²) in [6, 6.07) is 22.1. The van der Waals surface area contributed by atoms with Crippen LogP contribution in [0.15, 0.2) is 78.9 Å². The minimum absolute atomic E-state index is 0.0224. The number of nitrogens with zero attached hydrogens (tertiary/aromatic N) is 1. The maximum Gasteiger partial charge on any atom is 0.269 e. The quantitative estimate of drug-likeness (QED) is 0.413. The van der Waals surface area contributed by atoms with E-state index in [0.717, 1.165) is 12.8 Å². The number of aryl methyl sites for hydroxylation is 1. The lowest BCUT2D eigenvalue weighted by molar-refractivity contribution is -0.384. The van der Waals surface area contributed by atoms with E-state index < -0.39 is 4.92 Å². The van der Waals surface area contributed by atoms with Gasteiger partial charge in [0.1, 0.15) is 0 Å². The summed E-state index contributed by atoms with van der Waals surface area (Å²) < 4.78 is 0. The number of hydrogen-bond donors (Lipinski definition) is 2. The van der Waals surface area contributed by atoms with Crippen LogP contribution in [-0.4, -0.2) is 22.8 Å². The van der Waals surface area contributed by atoms with Crippen molar-refractivity contribution in [2.75, 3.05) is 5.32 Å². The summed E-state index contributed by atoms with van der Waals surface area (Å²) in [5, 5.41) is 16.4. The molecule has 0 heterocycles. The van der Waals surface area contributed by atoms with Gasteiger partial charge in [0.2, 0.25) is 0 Å². The summed E-state index contributed by atoms with van der Waals surface area (Å²) in [5.41, 5.74) is 2.48. The predicted molar refractivity (Wildman–Crippen MR) is 119 cm³/mol. The number of nitro groups is 1. The number of nitro benzene ring substituents is 1. The van der Waals surface area contributed by atoms with Gasteiger partial charge in [-0.2, -0.15) is 0 Å². The van der Waals surface area contributed by atoms with Gasteiger partial charge in [-0.25, -0.2) is 0 Å². The van der Waals surface area contributed by atoms with Crippen LogP contribution in [0.5, 0.6) is 0 Å². The lowest BCUT2D eigenvalue weighted by atomic mass is 10.1. The number of benzene rings is 3. The molecule has 3 rings (SSSR count). The van der Waals surface area contributed by atoms with E-state index in [0.29, 0.717) is 16.8 Å². The van der Waals surface area contributed by atoms with E-state index in [1.807, 2.05) is 25.1 Å². The fourth-order valence-corrected chi connectivity index (χ4v) is 3.05. The van der Waals surface area contributed by atoms with Gasteiger partial charge in [0.25, 0.3) is 17.5 Å². The molecule has 2 amide bonds. The van der Waals surface area contributed by atoms with Gasteiger partial charge in [-0.15, -0.1) is 0 Å². The molecule has 0 aliphatic rings. The van der Waals surface area contributed by atoms with Crippen LogP contribution >= 0.6 is 0 Å². The van der Waals surface area contributed by atoms with Crippen LogP contribution in [0.25, 0.3) is 0 Å². The van der Waals surface area contributed by atoms with E-state index in [4.69, 9.17) is 0 Å². The van der Waals surface area contributed by atoms with E-state index in [2.05, 4.69) is 22.8 Å². The number of non-ortho nitro benzene ring substituents is 1. The standard InChI is InChI=1S/C24H23N3O4/c1-17(7-8-18-5-3-2-4-6-18)25-23(28)19-9-13-21(14-10-19)26-24(29)20-11-15-22(16-12-20)27(30)31/h2-6,9-17H,7-8H2,1H3,(H,25,28)(H,26,29)/t17-/m1/s1. The molecule has 0 aliphatic carbocycles. The van der Waals surface area contributed by atoms with Crippen molar-refractivity contribution in [3.05, 3.63) is 106 Å². The molecule has 0 unspecified atom stereocenters. The molecule has 0 aromatic heterocycles. The lowest BCUT2D eigenvalue weighted by Gasteiger charge is -2.14. The van der Waals surface area contributed by atoms with Gasteiger partial charge in [-0.05, 0) is 61.7 Å². The Labute approximate surface area is 180 Å². The van der Waals surface area contributed by atoms with Crippen LogP contribution in [0.4, 0.5) is 11.4 Å². The summed E-state index contributed by atoms with van der Waals surface area (Å²) >= 11 is 0. The van der Waals surface area contributed by atoms with Gasteiger partial charge < -0.3 is 10.6 Å². The fraction of sp³-hybridized carbons (Fsp3) is 0.167. The summed E-state index contributed by atoms with van der Waals surface area (Å²) in [7, 11) is 0. The first-order valence-electron chi connectivity index (χ1n) is 9.93. The third-order valence-electron chi connectivity index (χ3n) is 4.83. The van der Waals surface area contributed by atoms with Crippen LogP contribution < -0.4 is 10.6 Å². The molecule has 0 aliphatic heterocycles. The number of nitrogens with one attached hydrogen (secondary N) is 2. The monoisotopic (exact) mass is 417 g/mol. The Morgan fingerprint density at radius 2 is 1.45 bits per heavy atom. The highest BCUT2D eigenvalue weighted by atomic mass is 16.6. The first-order chi connectivity index (χ1) is 14.9. The second-order valence-electron chi connectivity index (χ2n) is 7.23. The molecule has 3 aromatic rings. The number of amides is 2. The number of hydrogen-bond acceptors (Lipinski definition) is 4. The average molecular weight is 417 g/mol. The zero-order chi connectivity index (χ0) is 22.2. The van der Waals surface area contributed by atoms with Crippen LogP contribution in [-0.2, 0) is 6.42 Å². The molecule has 1 atom stereocenters. The normalized spacial score (nSPS) is 11.4. The molecule has 0 radical (unpaired) electrons. The Morgan fingerprint density at radius 1 is 0.871 bits per heavy atom. The molecule has 158 valence electrons. The summed E-state index contributed by atoms with van der Waals surface area (Å²) in [4.78, 5) is 34.9. The highest BCUT2D eigenvalue weighted by Gasteiger charge is 2.12. The Bertz CT molecular complexity index is 1050. The maximum atomic E-state index is 12.5. The van der Waals surface area contributed by atoms with Crippen molar-refractivity contribution in [3.8, 4) is 0 Å². The molecule has 2 N–H and O–H groups in total. The zero-order valence-corrected chi connectivity index (χ0v) is 17.1. The van der Waals surface area contributed by atoms with Gasteiger partial charge in [-0.1, -0.05) is 30.3 Å². The average Bonchev–Trinajstić information content (AvgIpc) is 2.79. The highest BCUT2D eigenvalue weighted by molar-refractivity contribution is 6.04. The van der Waals surface area contributed by atoms with Crippen LogP contribution in [0.1, 0.15) is 39.6 Å². The van der Waals surface area contributed by atoms with Crippen LogP contribution in [0.2, 0.25) is 0 Å². The maximum absolute atomic E-state index is 12.5. The predicted octanol–water partition coefficient (Wildman–Crippen LogP) is 4.60. The van der Waals surface area contributed by atoms with E-state index in [9.17, 15) is 19.7 Å². The molecule has 0 saturated heterocycles. The molecule has 0 bridgehead atoms. The van der Waals surface area contributed by atoms with Gasteiger partial charge in [-0.3, -0.25) is 19.7 Å². The SMILES string of the molecule is C[C@H](CCc1ccccc1)NC(=O)c1ccc(NC(=O)c2ccc([N+](=O)[O-])cc2)cc1. The minimum Gasteiger partial charge on any atom is -0.350 e. The van der Waals surface area contributed by atoms with E-state index >= 15 is 0 Å². The molecule has 0 saturated carbocycles. The van der Waals surface area contributed by atoms with Gasteiger partial charge in [0, 0.05) is 35.0 Å². The molecule has 0 fully saturated rings. The second kappa shape index (κ2) is 10.2. The molecular weight excluding hydrogens is 394 g/mol. The minimum atomic E-state index is -0.520. The van der Waals surface area contributed by atoms with E-state index in [1.54, 1.807) is 24.3 Å². The smallest absolute Gasteiger partial charge is 0.269 e. The van der Waals surface area contributed by atoms with E-state index in [-0.39, 0.29) is 23.5 Å². The summed E-state index contributed by atoms with van der Waals surface area (Å²) in [5.74, 6) is -0.560. The van der Waals surface area contributed by atoms with Crippen LogP contribution in [0.3, 0.4) is 0 Å². The van der Waals surface area contributed by atoms with Crippen LogP contribution in [0, 0.1) is 10.1 Å². The molecule has 0 spiro atoms. The highest BCUT2D eigenvalue weighted by Crippen LogP contribution is 2.15. The molecular formula is C24H23N3O4. The third kappa shape index (κ3) is 6.24. The van der Waals surface area contributed by atoms with Crippen molar-refractivity contribution in [3.63, 3.8) is 0 Å². The number of carbonyl (C=O) groups is 2. The first-order valence-corrected chi connectivity index (χ1v) is 9.93.